The SMILES string of the molecule is CN(C)CC(COC(N)=O)(CN(C)C)CN(C)C. The number of rotatable bonds is 8. The van der Waals surface area contributed by atoms with Crippen LogP contribution in [0.1, 0.15) is 0 Å². The number of carbonyl (C=O) groups excluding carboxylic acids is 1. The lowest BCUT2D eigenvalue weighted by atomic mass is 9.87. The van der Waals surface area contributed by atoms with Gasteiger partial charge in [-0.15, -0.1) is 0 Å². The van der Waals surface area contributed by atoms with Crippen molar-refractivity contribution in [2.24, 2.45) is 11.1 Å². The first-order chi connectivity index (χ1) is 8.17. The van der Waals surface area contributed by atoms with Crippen molar-refractivity contribution < 1.29 is 9.53 Å². The van der Waals surface area contributed by atoms with E-state index in [-0.39, 0.29) is 5.41 Å². The molecule has 0 aromatic rings. The average molecular weight is 260 g/mol. The number of amides is 1. The van der Waals surface area contributed by atoms with Crippen LogP contribution in [-0.4, -0.2) is 89.3 Å². The molecule has 0 aromatic heterocycles. The summed E-state index contributed by atoms with van der Waals surface area (Å²) >= 11 is 0. The minimum absolute atomic E-state index is 0.147. The molecule has 108 valence electrons. The van der Waals surface area contributed by atoms with Gasteiger partial charge in [-0.25, -0.2) is 4.79 Å². The van der Waals surface area contributed by atoms with Gasteiger partial charge in [-0.2, -0.15) is 0 Å². The van der Waals surface area contributed by atoms with Crippen LogP contribution in [0.2, 0.25) is 0 Å². The van der Waals surface area contributed by atoms with Crippen molar-refractivity contribution in [1.29, 1.82) is 0 Å². The molecule has 0 fully saturated rings. The van der Waals surface area contributed by atoms with Gasteiger partial charge in [-0.05, 0) is 42.3 Å². The molecular weight excluding hydrogens is 232 g/mol. The number of primary amides is 1. The van der Waals surface area contributed by atoms with Gasteiger partial charge in [-0.3, -0.25) is 0 Å². The second kappa shape index (κ2) is 7.56. The second-order valence-corrected chi connectivity index (χ2v) is 5.82. The fraction of sp³-hybridized carbons (Fsp3) is 0.917. The number of hydrogen-bond donors (Lipinski definition) is 1. The van der Waals surface area contributed by atoms with Gasteiger partial charge in [0, 0.05) is 25.0 Å². The van der Waals surface area contributed by atoms with Crippen molar-refractivity contribution in [3.8, 4) is 0 Å². The Kier molecular flexibility index (Phi) is 7.20. The van der Waals surface area contributed by atoms with Gasteiger partial charge < -0.3 is 25.2 Å². The van der Waals surface area contributed by atoms with E-state index in [0.717, 1.165) is 19.6 Å². The minimum Gasteiger partial charge on any atom is -0.449 e. The van der Waals surface area contributed by atoms with Crippen LogP contribution in [0.4, 0.5) is 4.79 Å². The smallest absolute Gasteiger partial charge is 0.404 e. The first kappa shape index (κ1) is 17.2. The number of ether oxygens (including phenoxy) is 1. The summed E-state index contributed by atoms with van der Waals surface area (Å²) < 4.78 is 5.07. The van der Waals surface area contributed by atoms with E-state index >= 15 is 0 Å². The van der Waals surface area contributed by atoms with Gasteiger partial charge in [0.25, 0.3) is 0 Å². The molecule has 0 aliphatic rings. The van der Waals surface area contributed by atoms with E-state index in [2.05, 4.69) is 14.7 Å². The Morgan fingerprint density at radius 1 is 0.944 bits per heavy atom. The first-order valence-electron chi connectivity index (χ1n) is 6.03. The van der Waals surface area contributed by atoms with Crippen molar-refractivity contribution in [2.45, 2.75) is 0 Å². The molecule has 0 radical (unpaired) electrons. The van der Waals surface area contributed by atoms with E-state index in [9.17, 15) is 4.79 Å². The van der Waals surface area contributed by atoms with Crippen LogP contribution < -0.4 is 5.73 Å². The molecule has 0 heterocycles. The third-order valence-electron chi connectivity index (χ3n) is 2.48. The number of nitrogens with two attached hydrogens (primary N) is 1. The van der Waals surface area contributed by atoms with E-state index in [1.165, 1.54) is 0 Å². The Morgan fingerprint density at radius 3 is 1.50 bits per heavy atom. The highest BCUT2D eigenvalue weighted by molar-refractivity contribution is 5.64. The van der Waals surface area contributed by atoms with Gasteiger partial charge in [0.1, 0.15) is 6.61 Å². The normalized spacial score (nSPS) is 12.5. The van der Waals surface area contributed by atoms with Crippen molar-refractivity contribution in [2.75, 3.05) is 68.5 Å². The first-order valence-corrected chi connectivity index (χ1v) is 6.03. The molecule has 0 saturated heterocycles. The van der Waals surface area contributed by atoms with Gasteiger partial charge in [-0.1, -0.05) is 0 Å². The van der Waals surface area contributed by atoms with Gasteiger partial charge >= 0.3 is 6.09 Å². The van der Waals surface area contributed by atoms with E-state index in [0.29, 0.717) is 6.61 Å². The van der Waals surface area contributed by atoms with Crippen LogP contribution >= 0.6 is 0 Å². The molecule has 0 rings (SSSR count). The van der Waals surface area contributed by atoms with Crippen LogP contribution in [0.15, 0.2) is 0 Å². The zero-order chi connectivity index (χ0) is 14.3. The van der Waals surface area contributed by atoms with E-state index in [1.54, 1.807) is 0 Å². The Balaban J connectivity index is 4.91. The summed E-state index contributed by atoms with van der Waals surface area (Å²) in [6, 6.07) is 0. The number of hydrogen-bond acceptors (Lipinski definition) is 5. The fourth-order valence-corrected chi connectivity index (χ4v) is 2.52. The Labute approximate surface area is 111 Å². The topological polar surface area (TPSA) is 62.0 Å². The van der Waals surface area contributed by atoms with Gasteiger partial charge in [0.15, 0.2) is 0 Å². The molecule has 0 aliphatic carbocycles. The molecule has 1 amide bonds. The maximum Gasteiger partial charge on any atom is 0.404 e. The summed E-state index contributed by atoms with van der Waals surface area (Å²) in [5, 5.41) is 0. The lowest BCUT2D eigenvalue weighted by Gasteiger charge is -2.39. The quantitative estimate of drug-likeness (QED) is 0.652. The predicted octanol–water partition coefficient (Wildman–Crippen LogP) is -0.247. The molecule has 6 heteroatoms. The Hall–Kier alpha value is -0.850. The summed E-state index contributed by atoms with van der Waals surface area (Å²) in [6.45, 7) is 2.82. The third kappa shape index (κ3) is 7.47. The van der Waals surface area contributed by atoms with Crippen molar-refractivity contribution in [3.63, 3.8) is 0 Å². The van der Waals surface area contributed by atoms with Crippen LogP contribution in [-0.2, 0) is 4.74 Å². The fourth-order valence-electron chi connectivity index (χ4n) is 2.52. The maximum absolute atomic E-state index is 10.9. The zero-order valence-electron chi connectivity index (χ0n) is 12.6. The van der Waals surface area contributed by atoms with Crippen molar-refractivity contribution >= 4 is 6.09 Å². The predicted molar refractivity (Wildman–Crippen MR) is 73.6 cm³/mol. The summed E-state index contributed by atoms with van der Waals surface area (Å²) in [5.74, 6) is 0. The Morgan fingerprint density at radius 2 is 1.28 bits per heavy atom. The molecular formula is C12H28N4O2. The van der Waals surface area contributed by atoms with E-state index in [1.807, 2.05) is 42.3 Å². The largest absolute Gasteiger partial charge is 0.449 e. The van der Waals surface area contributed by atoms with Crippen LogP contribution in [0.5, 0.6) is 0 Å². The van der Waals surface area contributed by atoms with Gasteiger partial charge in [0.05, 0.1) is 0 Å². The van der Waals surface area contributed by atoms with Crippen LogP contribution in [0, 0.1) is 5.41 Å². The van der Waals surface area contributed by atoms with E-state index in [4.69, 9.17) is 10.5 Å². The average Bonchev–Trinajstić information content (AvgIpc) is 2.11. The molecule has 0 aliphatic heterocycles. The standard InChI is InChI=1S/C12H28N4O2/c1-14(2)7-12(8-15(3)4,9-16(5)6)10-18-11(13)17/h7-10H2,1-6H3,(H2,13,17). The highest BCUT2D eigenvalue weighted by atomic mass is 16.5. The molecule has 0 aromatic carbocycles. The number of nitrogens with zero attached hydrogens (tertiary/aromatic N) is 3. The van der Waals surface area contributed by atoms with Crippen molar-refractivity contribution in [3.05, 3.63) is 0 Å². The molecule has 0 saturated carbocycles. The molecule has 6 nitrogen and oxygen atoms in total. The van der Waals surface area contributed by atoms with Crippen LogP contribution in [0.3, 0.4) is 0 Å². The Bertz CT molecular complexity index is 228. The monoisotopic (exact) mass is 260 g/mol. The summed E-state index contributed by atoms with van der Waals surface area (Å²) in [5.41, 5.74) is 4.94. The van der Waals surface area contributed by atoms with E-state index < -0.39 is 6.09 Å². The molecule has 2 N–H and O–H groups in total. The maximum atomic E-state index is 10.9. The van der Waals surface area contributed by atoms with Gasteiger partial charge in [0.2, 0.25) is 0 Å². The lowest BCUT2D eigenvalue weighted by molar-refractivity contribution is 0.0304. The number of carbonyl (C=O) groups is 1. The summed E-state index contributed by atoms with van der Waals surface area (Å²) in [6.07, 6.45) is -0.712. The second-order valence-electron chi connectivity index (χ2n) is 5.82. The zero-order valence-corrected chi connectivity index (χ0v) is 12.6. The highest BCUT2D eigenvalue weighted by Crippen LogP contribution is 2.21. The molecule has 18 heavy (non-hydrogen) atoms. The third-order valence-corrected chi connectivity index (χ3v) is 2.48. The highest BCUT2D eigenvalue weighted by Gasteiger charge is 2.34. The molecule has 0 bridgehead atoms. The van der Waals surface area contributed by atoms with Crippen molar-refractivity contribution in [1.82, 2.24) is 14.7 Å². The summed E-state index contributed by atoms with van der Waals surface area (Å²) in [7, 11) is 12.1. The molecule has 0 atom stereocenters. The lowest BCUT2D eigenvalue weighted by Crippen LogP contribution is -2.51. The summed E-state index contributed by atoms with van der Waals surface area (Å²) in [4.78, 5) is 17.2. The minimum atomic E-state index is -0.712. The van der Waals surface area contributed by atoms with Crippen LogP contribution in [0.25, 0.3) is 0 Å². The molecule has 0 spiro atoms. The molecule has 0 unspecified atom stereocenters.